The van der Waals surface area contributed by atoms with E-state index >= 15 is 0 Å². The van der Waals surface area contributed by atoms with Crippen molar-refractivity contribution >= 4 is 0 Å². The Hall–Kier alpha value is -0.340. The summed E-state index contributed by atoms with van der Waals surface area (Å²) in [6, 6.07) is 0. The molecule has 1 aliphatic carbocycles. The molecule has 1 unspecified atom stereocenters. The molecule has 1 N–H and O–H groups in total. The Labute approximate surface area is 93.3 Å². The molecule has 1 atom stereocenters. The van der Waals surface area contributed by atoms with E-state index in [4.69, 9.17) is 5.26 Å². The number of hydrogen-bond donors (Lipinski definition) is 1. The van der Waals surface area contributed by atoms with Gasteiger partial charge in [0.2, 0.25) is 0 Å². The molecule has 0 aromatic rings. The Morgan fingerprint density at radius 1 is 1.47 bits per heavy atom. The van der Waals surface area contributed by atoms with Crippen molar-refractivity contribution in [2.24, 2.45) is 11.8 Å². The maximum Gasteiger partial charge on any atom is 0.101 e. The van der Waals surface area contributed by atoms with Crippen molar-refractivity contribution in [3.05, 3.63) is 11.6 Å². The van der Waals surface area contributed by atoms with Crippen LogP contribution in [0.1, 0.15) is 53.4 Å². The molecular formula is C13H24O2. The SMILES string of the molecule is CC(C)/C=C1/CCCC(C(C)(C)OO)C1. The molecule has 2 heteroatoms. The Bertz CT molecular complexity index is 229. The van der Waals surface area contributed by atoms with Crippen LogP contribution < -0.4 is 0 Å². The molecule has 0 bridgehead atoms. The average Bonchev–Trinajstić information content (AvgIpc) is 2.17. The van der Waals surface area contributed by atoms with E-state index < -0.39 is 5.60 Å². The molecular weight excluding hydrogens is 188 g/mol. The van der Waals surface area contributed by atoms with Crippen molar-refractivity contribution in [2.45, 2.75) is 59.0 Å². The van der Waals surface area contributed by atoms with Gasteiger partial charge in [0.1, 0.15) is 5.60 Å². The largest absolute Gasteiger partial charge is 0.251 e. The molecule has 0 radical (unpaired) electrons. The molecule has 88 valence electrons. The summed E-state index contributed by atoms with van der Waals surface area (Å²) in [6.45, 7) is 8.36. The quantitative estimate of drug-likeness (QED) is 0.435. The molecule has 0 heterocycles. The lowest BCUT2D eigenvalue weighted by molar-refractivity contribution is -0.327. The third-order valence-corrected chi connectivity index (χ3v) is 3.35. The lowest BCUT2D eigenvalue weighted by Gasteiger charge is -2.35. The summed E-state index contributed by atoms with van der Waals surface area (Å²) in [6.07, 6.45) is 7.03. The van der Waals surface area contributed by atoms with Gasteiger partial charge in [0.05, 0.1) is 0 Å². The van der Waals surface area contributed by atoms with Crippen molar-refractivity contribution in [3.8, 4) is 0 Å². The average molecular weight is 212 g/mol. The molecule has 1 aliphatic rings. The second kappa shape index (κ2) is 5.13. The summed E-state index contributed by atoms with van der Waals surface area (Å²) >= 11 is 0. The molecule has 15 heavy (non-hydrogen) atoms. The van der Waals surface area contributed by atoms with Crippen LogP contribution in [0.25, 0.3) is 0 Å². The molecule has 0 aromatic carbocycles. The predicted molar refractivity (Wildman–Crippen MR) is 62.7 cm³/mol. The van der Waals surface area contributed by atoms with Crippen molar-refractivity contribution in [1.82, 2.24) is 0 Å². The van der Waals surface area contributed by atoms with E-state index in [1.807, 2.05) is 13.8 Å². The van der Waals surface area contributed by atoms with Gasteiger partial charge in [0.15, 0.2) is 0 Å². The first kappa shape index (κ1) is 12.7. The maximum atomic E-state index is 8.89. The molecule has 0 aliphatic heterocycles. The molecule has 0 saturated heterocycles. The fraction of sp³-hybridized carbons (Fsp3) is 0.846. The van der Waals surface area contributed by atoms with Crippen molar-refractivity contribution in [2.75, 3.05) is 0 Å². The van der Waals surface area contributed by atoms with Crippen molar-refractivity contribution in [1.29, 1.82) is 0 Å². The topological polar surface area (TPSA) is 29.5 Å². The fourth-order valence-electron chi connectivity index (χ4n) is 2.39. The van der Waals surface area contributed by atoms with Gasteiger partial charge in [0, 0.05) is 0 Å². The zero-order chi connectivity index (χ0) is 11.5. The van der Waals surface area contributed by atoms with Crippen molar-refractivity contribution in [3.63, 3.8) is 0 Å². The minimum atomic E-state index is -0.406. The van der Waals surface area contributed by atoms with Gasteiger partial charge in [-0.2, -0.15) is 0 Å². The molecule has 1 saturated carbocycles. The van der Waals surface area contributed by atoms with Gasteiger partial charge in [-0.25, -0.2) is 4.89 Å². The van der Waals surface area contributed by atoms with E-state index in [1.165, 1.54) is 18.4 Å². The monoisotopic (exact) mass is 212 g/mol. The van der Waals surface area contributed by atoms with Crippen LogP contribution in [0.2, 0.25) is 0 Å². The smallest absolute Gasteiger partial charge is 0.101 e. The third kappa shape index (κ3) is 3.62. The van der Waals surface area contributed by atoms with Crippen LogP contribution in [0.15, 0.2) is 11.6 Å². The molecule has 0 spiro atoms. The van der Waals surface area contributed by atoms with Gasteiger partial charge < -0.3 is 0 Å². The Kier molecular flexibility index (Phi) is 4.35. The van der Waals surface area contributed by atoms with Gasteiger partial charge in [0.25, 0.3) is 0 Å². The zero-order valence-corrected chi connectivity index (χ0v) is 10.4. The van der Waals surface area contributed by atoms with Gasteiger partial charge in [-0.05, 0) is 51.4 Å². The second-order valence-corrected chi connectivity index (χ2v) is 5.56. The molecule has 1 fully saturated rings. The maximum absolute atomic E-state index is 8.89. The zero-order valence-electron chi connectivity index (χ0n) is 10.4. The van der Waals surface area contributed by atoms with Crippen LogP contribution in [0.4, 0.5) is 0 Å². The highest BCUT2D eigenvalue weighted by atomic mass is 17.1. The summed E-state index contributed by atoms with van der Waals surface area (Å²) in [5.74, 6) is 1.07. The summed E-state index contributed by atoms with van der Waals surface area (Å²) in [5, 5.41) is 8.89. The third-order valence-electron chi connectivity index (χ3n) is 3.35. The van der Waals surface area contributed by atoms with E-state index in [9.17, 15) is 0 Å². The van der Waals surface area contributed by atoms with E-state index in [1.54, 1.807) is 0 Å². The molecule has 0 aromatic heterocycles. The Balaban J connectivity index is 2.64. The van der Waals surface area contributed by atoms with Crippen LogP contribution in [0.5, 0.6) is 0 Å². The van der Waals surface area contributed by atoms with Crippen molar-refractivity contribution < 1.29 is 10.1 Å². The lowest BCUT2D eigenvalue weighted by atomic mass is 9.76. The highest BCUT2D eigenvalue weighted by Crippen LogP contribution is 2.37. The minimum Gasteiger partial charge on any atom is -0.251 e. The number of allylic oxidation sites excluding steroid dienone is 2. The van der Waals surface area contributed by atoms with Gasteiger partial charge >= 0.3 is 0 Å². The first-order chi connectivity index (χ1) is 6.95. The predicted octanol–water partition coefficient (Wildman–Crippen LogP) is 4.03. The normalized spacial score (nSPS) is 26.3. The van der Waals surface area contributed by atoms with Gasteiger partial charge in [-0.15, -0.1) is 0 Å². The number of hydrogen-bond acceptors (Lipinski definition) is 2. The highest BCUT2D eigenvalue weighted by molar-refractivity contribution is 5.08. The molecule has 1 rings (SSSR count). The van der Waals surface area contributed by atoms with Crippen LogP contribution in [0.3, 0.4) is 0 Å². The summed E-state index contributed by atoms with van der Waals surface area (Å²) in [5.41, 5.74) is 1.13. The summed E-state index contributed by atoms with van der Waals surface area (Å²) in [4.78, 5) is 4.60. The van der Waals surface area contributed by atoms with Gasteiger partial charge in [-0.3, -0.25) is 5.26 Å². The fourth-order valence-corrected chi connectivity index (χ4v) is 2.39. The van der Waals surface area contributed by atoms with Crippen LogP contribution in [-0.4, -0.2) is 10.9 Å². The van der Waals surface area contributed by atoms with E-state index in [0.29, 0.717) is 11.8 Å². The molecule has 0 amide bonds. The molecule has 2 nitrogen and oxygen atoms in total. The van der Waals surface area contributed by atoms with Crippen LogP contribution in [0, 0.1) is 11.8 Å². The van der Waals surface area contributed by atoms with E-state index in [-0.39, 0.29) is 0 Å². The second-order valence-electron chi connectivity index (χ2n) is 5.56. The minimum absolute atomic E-state index is 0.406. The Morgan fingerprint density at radius 2 is 2.13 bits per heavy atom. The lowest BCUT2D eigenvalue weighted by Crippen LogP contribution is -2.35. The highest BCUT2D eigenvalue weighted by Gasteiger charge is 2.33. The number of rotatable bonds is 3. The standard InChI is InChI=1S/C13H24O2/c1-10(2)8-11-6-5-7-12(9-11)13(3,4)15-14/h8,10,12,14H,5-7,9H2,1-4H3/b11-8-. The van der Waals surface area contributed by atoms with E-state index in [0.717, 1.165) is 12.8 Å². The van der Waals surface area contributed by atoms with Gasteiger partial charge in [-0.1, -0.05) is 25.5 Å². The van der Waals surface area contributed by atoms with Crippen LogP contribution >= 0.6 is 0 Å². The first-order valence-electron chi connectivity index (χ1n) is 5.98. The first-order valence-corrected chi connectivity index (χ1v) is 5.98. The van der Waals surface area contributed by atoms with Crippen LogP contribution in [-0.2, 0) is 4.89 Å². The summed E-state index contributed by atoms with van der Waals surface area (Å²) in [7, 11) is 0. The summed E-state index contributed by atoms with van der Waals surface area (Å²) < 4.78 is 0. The van der Waals surface area contributed by atoms with E-state index in [2.05, 4.69) is 24.8 Å². The Morgan fingerprint density at radius 3 is 2.67 bits per heavy atom.